The highest BCUT2D eigenvalue weighted by atomic mass is 16.1. The molecule has 1 aliphatic rings. The van der Waals surface area contributed by atoms with Crippen LogP contribution >= 0.6 is 0 Å². The van der Waals surface area contributed by atoms with Crippen LogP contribution in [0.2, 0.25) is 0 Å². The Morgan fingerprint density at radius 1 is 1.31 bits per heavy atom. The van der Waals surface area contributed by atoms with Gasteiger partial charge in [-0.05, 0) is 51.5 Å². The zero-order chi connectivity index (χ0) is 21.2. The van der Waals surface area contributed by atoms with Gasteiger partial charge in [0.25, 0.3) is 0 Å². The maximum Gasteiger partial charge on any atom is 0.220 e. The number of primary amides is 1. The normalized spacial score (nSPS) is 16.7. The number of nitrogens with zero attached hydrogens (tertiary/aromatic N) is 3. The van der Waals surface area contributed by atoms with Crippen LogP contribution in [0.15, 0.2) is 23.3 Å². The molecule has 1 aromatic heterocycles. The number of aliphatic imine (C=N–C) groups is 1. The third-order valence-electron chi connectivity index (χ3n) is 5.38. The molecule has 7 nitrogen and oxygen atoms in total. The van der Waals surface area contributed by atoms with E-state index in [0.29, 0.717) is 18.5 Å². The second-order valence-corrected chi connectivity index (χ2v) is 8.36. The van der Waals surface area contributed by atoms with Crippen LogP contribution in [0.4, 0.5) is 5.82 Å². The number of carbonyl (C=O) groups excluding carboxylic acids is 1. The van der Waals surface area contributed by atoms with Gasteiger partial charge in [0.05, 0.1) is 6.54 Å². The van der Waals surface area contributed by atoms with E-state index in [1.165, 1.54) is 6.42 Å². The molecule has 0 spiro atoms. The third kappa shape index (κ3) is 7.55. The summed E-state index contributed by atoms with van der Waals surface area (Å²) < 4.78 is 0. The topological polar surface area (TPSA) is 95.6 Å². The highest BCUT2D eigenvalue weighted by molar-refractivity contribution is 5.80. The number of guanidine groups is 1. The summed E-state index contributed by atoms with van der Waals surface area (Å²) in [6.07, 6.45) is 5.70. The van der Waals surface area contributed by atoms with Crippen molar-refractivity contribution in [3.05, 3.63) is 23.9 Å². The second-order valence-electron chi connectivity index (χ2n) is 8.36. The first-order valence-electron chi connectivity index (χ1n) is 10.9. The summed E-state index contributed by atoms with van der Waals surface area (Å²) >= 11 is 0. The van der Waals surface area contributed by atoms with Crippen LogP contribution < -0.4 is 21.3 Å². The van der Waals surface area contributed by atoms with Crippen LogP contribution in [0.1, 0.15) is 58.9 Å². The Kier molecular flexibility index (Phi) is 9.22. The Bertz CT molecular complexity index is 667. The summed E-state index contributed by atoms with van der Waals surface area (Å²) in [4.78, 5) is 23.1. The number of hydrogen-bond acceptors (Lipinski definition) is 4. The lowest BCUT2D eigenvalue weighted by Gasteiger charge is -2.32. The van der Waals surface area contributed by atoms with Crippen molar-refractivity contribution in [1.29, 1.82) is 0 Å². The first kappa shape index (κ1) is 23.0. The molecule has 0 radical (unpaired) electrons. The minimum absolute atomic E-state index is 0.0201. The van der Waals surface area contributed by atoms with Crippen molar-refractivity contribution in [3.8, 4) is 0 Å². The SMILES string of the molecule is CCNC(=NCc1cccnc1N1CCC(C(N)=O)CC1)NC(C)CCC(C)C. The van der Waals surface area contributed by atoms with Crippen molar-refractivity contribution in [3.63, 3.8) is 0 Å². The van der Waals surface area contributed by atoms with E-state index >= 15 is 0 Å². The Morgan fingerprint density at radius 2 is 2.03 bits per heavy atom. The van der Waals surface area contributed by atoms with Crippen molar-refractivity contribution in [1.82, 2.24) is 15.6 Å². The third-order valence-corrected chi connectivity index (χ3v) is 5.38. The van der Waals surface area contributed by atoms with E-state index in [1.54, 1.807) is 0 Å². The van der Waals surface area contributed by atoms with Crippen LogP contribution in [-0.2, 0) is 11.3 Å². The maximum absolute atomic E-state index is 11.4. The van der Waals surface area contributed by atoms with Gasteiger partial charge >= 0.3 is 0 Å². The van der Waals surface area contributed by atoms with Crippen LogP contribution in [0.3, 0.4) is 0 Å². The zero-order valence-corrected chi connectivity index (χ0v) is 18.4. The van der Waals surface area contributed by atoms with Gasteiger partial charge in [-0.15, -0.1) is 0 Å². The largest absolute Gasteiger partial charge is 0.369 e. The standard InChI is InChI=1S/C22H38N6O/c1-5-24-22(27-17(4)9-8-16(2)3)26-15-19-7-6-12-25-21(19)28-13-10-18(11-14-28)20(23)29/h6-7,12,16-18H,5,8-11,13-15H2,1-4H3,(H2,23,29)(H2,24,26,27). The summed E-state index contributed by atoms with van der Waals surface area (Å²) in [5.41, 5.74) is 6.56. The number of rotatable bonds is 9. The number of nitrogens with two attached hydrogens (primary N) is 1. The molecular formula is C22H38N6O. The van der Waals surface area contributed by atoms with Gasteiger partial charge in [0.15, 0.2) is 5.96 Å². The summed E-state index contributed by atoms with van der Waals surface area (Å²) in [7, 11) is 0. The van der Waals surface area contributed by atoms with E-state index in [0.717, 1.165) is 56.2 Å². The molecule has 162 valence electrons. The van der Waals surface area contributed by atoms with Crippen molar-refractivity contribution in [2.45, 2.75) is 66.0 Å². The molecular weight excluding hydrogens is 364 g/mol. The van der Waals surface area contributed by atoms with Crippen molar-refractivity contribution in [2.75, 3.05) is 24.5 Å². The van der Waals surface area contributed by atoms with Crippen LogP contribution in [-0.4, -0.2) is 42.5 Å². The van der Waals surface area contributed by atoms with Gasteiger partial charge in [0.2, 0.25) is 5.91 Å². The van der Waals surface area contributed by atoms with Gasteiger partial charge in [0.1, 0.15) is 5.82 Å². The van der Waals surface area contributed by atoms with Crippen LogP contribution in [0.5, 0.6) is 0 Å². The number of aromatic nitrogens is 1. The van der Waals surface area contributed by atoms with Crippen LogP contribution in [0.25, 0.3) is 0 Å². The lowest BCUT2D eigenvalue weighted by Crippen LogP contribution is -2.42. The lowest BCUT2D eigenvalue weighted by molar-refractivity contribution is -0.122. The average Bonchev–Trinajstić information content (AvgIpc) is 2.71. The van der Waals surface area contributed by atoms with Gasteiger partial charge in [-0.1, -0.05) is 19.9 Å². The van der Waals surface area contributed by atoms with Gasteiger partial charge < -0.3 is 21.3 Å². The molecule has 29 heavy (non-hydrogen) atoms. The van der Waals surface area contributed by atoms with Gasteiger partial charge in [0, 0.05) is 43.4 Å². The number of anilines is 1. The molecule has 1 amide bonds. The molecule has 4 N–H and O–H groups in total. The molecule has 1 saturated heterocycles. The Hall–Kier alpha value is -2.31. The molecule has 2 heterocycles. The van der Waals surface area contributed by atoms with E-state index < -0.39 is 0 Å². The molecule has 0 aromatic carbocycles. The van der Waals surface area contributed by atoms with Crippen molar-refractivity contribution < 1.29 is 4.79 Å². The highest BCUT2D eigenvalue weighted by Gasteiger charge is 2.24. The molecule has 1 unspecified atom stereocenters. The monoisotopic (exact) mass is 402 g/mol. The smallest absolute Gasteiger partial charge is 0.220 e. The first-order chi connectivity index (χ1) is 13.9. The lowest BCUT2D eigenvalue weighted by atomic mass is 9.96. The van der Waals surface area contributed by atoms with E-state index in [1.807, 2.05) is 12.3 Å². The number of amides is 1. The van der Waals surface area contributed by atoms with E-state index in [2.05, 4.69) is 54.3 Å². The van der Waals surface area contributed by atoms with Crippen LogP contribution in [0, 0.1) is 11.8 Å². The number of hydrogen-bond donors (Lipinski definition) is 3. The fraction of sp³-hybridized carbons (Fsp3) is 0.682. The molecule has 0 aliphatic carbocycles. The molecule has 2 rings (SSSR count). The molecule has 0 saturated carbocycles. The maximum atomic E-state index is 11.4. The van der Waals surface area contributed by atoms with Gasteiger partial charge in [-0.25, -0.2) is 9.98 Å². The van der Waals surface area contributed by atoms with Gasteiger partial charge in [-0.2, -0.15) is 0 Å². The van der Waals surface area contributed by atoms with E-state index in [9.17, 15) is 4.79 Å². The van der Waals surface area contributed by atoms with Crippen molar-refractivity contribution in [2.24, 2.45) is 22.6 Å². The zero-order valence-electron chi connectivity index (χ0n) is 18.4. The number of piperidine rings is 1. The average molecular weight is 403 g/mol. The van der Waals surface area contributed by atoms with Gasteiger partial charge in [-0.3, -0.25) is 4.79 Å². The predicted octanol–water partition coefficient (Wildman–Crippen LogP) is 2.66. The fourth-order valence-electron chi connectivity index (χ4n) is 3.59. The number of nitrogens with one attached hydrogen (secondary N) is 2. The van der Waals surface area contributed by atoms with E-state index in [4.69, 9.17) is 10.7 Å². The first-order valence-corrected chi connectivity index (χ1v) is 10.9. The molecule has 0 bridgehead atoms. The highest BCUT2D eigenvalue weighted by Crippen LogP contribution is 2.24. The summed E-state index contributed by atoms with van der Waals surface area (Å²) in [5.74, 6) is 2.29. The Balaban J connectivity index is 2.03. The number of carbonyl (C=O) groups is 1. The predicted molar refractivity (Wildman–Crippen MR) is 120 cm³/mol. The molecule has 1 aromatic rings. The van der Waals surface area contributed by atoms with E-state index in [-0.39, 0.29) is 11.8 Å². The summed E-state index contributed by atoms with van der Waals surface area (Å²) in [6.45, 7) is 11.8. The molecule has 1 fully saturated rings. The number of pyridine rings is 1. The fourth-order valence-corrected chi connectivity index (χ4v) is 3.59. The Morgan fingerprint density at radius 3 is 2.66 bits per heavy atom. The van der Waals surface area contributed by atoms with Crippen molar-refractivity contribution >= 4 is 17.7 Å². The minimum Gasteiger partial charge on any atom is -0.369 e. The second kappa shape index (κ2) is 11.6. The Labute approximate surface area is 175 Å². The molecule has 1 aliphatic heterocycles. The summed E-state index contributed by atoms with van der Waals surface area (Å²) in [5, 5.41) is 6.86. The minimum atomic E-state index is -0.191. The summed E-state index contributed by atoms with van der Waals surface area (Å²) in [6, 6.07) is 4.41. The molecule has 7 heteroatoms. The quantitative estimate of drug-likeness (QED) is 0.436. The molecule has 1 atom stereocenters.